The van der Waals surface area contributed by atoms with Crippen LogP contribution in [0.3, 0.4) is 0 Å². The van der Waals surface area contributed by atoms with Crippen LogP contribution < -0.4 is 14.4 Å². The zero-order valence-corrected chi connectivity index (χ0v) is 25.0. The Labute approximate surface area is 247 Å². The second-order valence-corrected chi connectivity index (χ2v) is 11.2. The molecule has 0 radical (unpaired) electrons. The largest absolute Gasteiger partial charge is 0.507 e. The molecule has 0 spiro atoms. The Morgan fingerprint density at radius 2 is 1.83 bits per heavy atom. The van der Waals surface area contributed by atoms with Gasteiger partial charge in [0, 0.05) is 10.6 Å². The first kappa shape index (κ1) is 30.1. The maximum Gasteiger partial charge on any atom is 0.350 e. The Hall–Kier alpha value is -3.89. The van der Waals surface area contributed by atoms with E-state index in [-0.39, 0.29) is 21.3 Å². The standard InChI is InChI=1S/C30H31ClN2O7S/c1-6-39-22-15-19(9-12-21(22)40-14-13-16(2)3)24-23(25(34)18-7-10-20(31)11-8-18)26(35)28(36)33(24)30-32-17(4)27(41-30)29(37)38-5/h7-12,15-16,24,34H,6,13-14H2,1-5H3/b25-23+. The number of methoxy groups -OCH3 is 1. The highest BCUT2D eigenvalue weighted by Gasteiger charge is 2.48. The number of ketones is 1. The van der Waals surface area contributed by atoms with E-state index in [1.165, 1.54) is 12.0 Å². The van der Waals surface area contributed by atoms with Crippen LogP contribution in [0.25, 0.3) is 5.76 Å². The Morgan fingerprint density at radius 1 is 1.12 bits per heavy atom. The first-order valence-corrected chi connectivity index (χ1v) is 14.3. The van der Waals surface area contributed by atoms with Crippen LogP contribution in [0.2, 0.25) is 5.02 Å². The van der Waals surface area contributed by atoms with Gasteiger partial charge >= 0.3 is 11.9 Å². The van der Waals surface area contributed by atoms with Crippen molar-refractivity contribution in [1.82, 2.24) is 4.98 Å². The number of aliphatic hydroxyl groups excluding tert-OH is 1. The van der Waals surface area contributed by atoms with Crippen molar-refractivity contribution in [3.05, 3.63) is 74.8 Å². The van der Waals surface area contributed by atoms with Crippen molar-refractivity contribution in [2.75, 3.05) is 25.2 Å². The van der Waals surface area contributed by atoms with E-state index in [0.717, 1.165) is 17.8 Å². The van der Waals surface area contributed by atoms with Crippen molar-refractivity contribution >= 4 is 51.5 Å². The predicted molar refractivity (Wildman–Crippen MR) is 157 cm³/mol. The lowest BCUT2D eigenvalue weighted by Crippen LogP contribution is -2.29. The molecule has 1 unspecified atom stereocenters. The molecule has 9 nitrogen and oxygen atoms in total. The lowest BCUT2D eigenvalue weighted by Gasteiger charge is -2.24. The van der Waals surface area contributed by atoms with Gasteiger partial charge in [-0.25, -0.2) is 9.78 Å². The third kappa shape index (κ3) is 6.23. The number of thiazole rings is 1. The van der Waals surface area contributed by atoms with Crippen molar-refractivity contribution in [2.45, 2.75) is 40.2 Å². The quantitative estimate of drug-likeness (QED) is 0.124. The molecule has 4 rings (SSSR count). The summed E-state index contributed by atoms with van der Waals surface area (Å²) in [7, 11) is 1.25. The van der Waals surface area contributed by atoms with Crippen molar-refractivity contribution in [2.24, 2.45) is 5.92 Å². The Morgan fingerprint density at radius 3 is 2.46 bits per heavy atom. The van der Waals surface area contributed by atoms with Crippen LogP contribution in [-0.4, -0.2) is 48.1 Å². The summed E-state index contributed by atoms with van der Waals surface area (Å²) in [4.78, 5) is 45.2. The molecule has 0 saturated carbocycles. The van der Waals surface area contributed by atoms with Crippen molar-refractivity contribution in [1.29, 1.82) is 0 Å². The summed E-state index contributed by atoms with van der Waals surface area (Å²) in [5.74, 6) is -1.38. The number of hydrogen-bond donors (Lipinski definition) is 1. The van der Waals surface area contributed by atoms with Gasteiger partial charge in [-0.1, -0.05) is 42.9 Å². The Bertz CT molecular complexity index is 1500. The number of benzene rings is 2. The summed E-state index contributed by atoms with van der Waals surface area (Å²) < 4.78 is 16.7. The van der Waals surface area contributed by atoms with E-state index in [1.54, 1.807) is 49.4 Å². The van der Waals surface area contributed by atoms with Gasteiger partial charge in [0.05, 0.1) is 37.6 Å². The molecule has 41 heavy (non-hydrogen) atoms. The van der Waals surface area contributed by atoms with E-state index < -0.39 is 23.7 Å². The third-order valence-corrected chi connectivity index (χ3v) is 7.85. The van der Waals surface area contributed by atoms with E-state index in [1.807, 2.05) is 6.92 Å². The summed E-state index contributed by atoms with van der Waals surface area (Å²) in [6, 6.07) is 10.3. The summed E-state index contributed by atoms with van der Waals surface area (Å²) in [6.07, 6.45) is 0.848. The zero-order valence-electron chi connectivity index (χ0n) is 23.4. The van der Waals surface area contributed by atoms with Gasteiger partial charge in [-0.15, -0.1) is 0 Å². The maximum absolute atomic E-state index is 13.5. The van der Waals surface area contributed by atoms with Gasteiger partial charge in [0.1, 0.15) is 10.6 Å². The number of nitrogens with zero attached hydrogens (tertiary/aromatic N) is 2. The number of amides is 1. The molecular formula is C30H31ClN2O7S. The molecule has 0 aliphatic carbocycles. The van der Waals surface area contributed by atoms with Gasteiger partial charge in [0.2, 0.25) is 0 Å². The molecule has 0 bridgehead atoms. The average molecular weight is 599 g/mol. The highest BCUT2D eigenvalue weighted by molar-refractivity contribution is 7.17. The second-order valence-electron chi connectivity index (χ2n) is 9.75. The van der Waals surface area contributed by atoms with Crippen LogP contribution in [0.15, 0.2) is 48.0 Å². The summed E-state index contributed by atoms with van der Waals surface area (Å²) in [6.45, 7) is 8.49. The van der Waals surface area contributed by atoms with Gasteiger partial charge in [0.15, 0.2) is 16.6 Å². The summed E-state index contributed by atoms with van der Waals surface area (Å²) >= 11 is 6.95. The number of halogens is 1. The number of anilines is 1. The van der Waals surface area contributed by atoms with Crippen molar-refractivity contribution < 1.29 is 33.7 Å². The number of aliphatic hydroxyl groups is 1. The topological polar surface area (TPSA) is 115 Å². The third-order valence-electron chi connectivity index (χ3n) is 6.46. The number of carbonyl (C=O) groups excluding carboxylic acids is 3. The number of ether oxygens (including phenoxy) is 3. The molecule has 1 saturated heterocycles. The first-order valence-electron chi connectivity index (χ1n) is 13.1. The number of aryl methyl sites for hydroxylation is 1. The zero-order chi connectivity index (χ0) is 29.8. The minimum atomic E-state index is -1.08. The fourth-order valence-corrected chi connectivity index (χ4v) is 5.50. The molecule has 11 heteroatoms. The fraction of sp³-hybridized carbons (Fsp3) is 0.333. The maximum atomic E-state index is 13.5. The molecule has 216 valence electrons. The van der Waals surface area contributed by atoms with Crippen LogP contribution >= 0.6 is 22.9 Å². The molecule has 1 N–H and O–H groups in total. The number of Topliss-reactive ketones (excluding diaryl/α,β-unsaturated/α-hetero) is 1. The highest BCUT2D eigenvalue weighted by atomic mass is 35.5. The SMILES string of the molecule is CCOc1cc(C2/C(=C(\O)c3ccc(Cl)cc3)C(=O)C(=O)N2c2nc(C)c(C(=O)OC)s2)ccc1OCCC(C)C. The predicted octanol–water partition coefficient (Wildman–Crippen LogP) is 6.34. The number of hydrogen-bond acceptors (Lipinski definition) is 9. The number of aromatic nitrogens is 1. The normalized spacial score (nSPS) is 16.4. The lowest BCUT2D eigenvalue weighted by atomic mass is 9.95. The number of esters is 1. The van der Waals surface area contributed by atoms with Gasteiger partial charge in [0.25, 0.3) is 5.78 Å². The van der Waals surface area contributed by atoms with Crippen molar-refractivity contribution in [3.8, 4) is 11.5 Å². The van der Waals surface area contributed by atoms with Crippen LogP contribution in [0.4, 0.5) is 5.13 Å². The lowest BCUT2D eigenvalue weighted by molar-refractivity contribution is -0.132. The Kier molecular flexibility index (Phi) is 9.35. The molecule has 1 amide bonds. The molecule has 2 aromatic carbocycles. The van der Waals surface area contributed by atoms with Gasteiger partial charge in [-0.2, -0.15) is 0 Å². The monoisotopic (exact) mass is 598 g/mol. The molecule has 1 aliphatic rings. The molecule has 1 aliphatic heterocycles. The van der Waals surface area contributed by atoms with Crippen LogP contribution in [0, 0.1) is 12.8 Å². The minimum Gasteiger partial charge on any atom is -0.507 e. The molecule has 1 aromatic heterocycles. The van der Waals surface area contributed by atoms with Gasteiger partial charge in [-0.3, -0.25) is 14.5 Å². The highest BCUT2D eigenvalue weighted by Crippen LogP contribution is 2.45. The van der Waals surface area contributed by atoms with E-state index in [9.17, 15) is 19.5 Å². The van der Waals surface area contributed by atoms with Crippen LogP contribution in [0.5, 0.6) is 11.5 Å². The molecule has 3 aromatic rings. The average Bonchev–Trinajstić information content (AvgIpc) is 3.45. The fourth-order valence-electron chi connectivity index (χ4n) is 4.36. The number of carbonyl (C=O) groups is 3. The second kappa shape index (κ2) is 12.7. The van der Waals surface area contributed by atoms with E-state index in [4.69, 9.17) is 25.8 Å². The molecule has 1 fully saturated rings. The summed E-state index contributed by atoms with van der Waals surface area (Å²) in [5.41, 5.74) is 0.994. The molecule has 2 heterocycles. The van der Waals surface area contributed by atoms with Gasteiger partial charge in [-0.05, 0) is 68.1 Å². The van der Waals surface area contributed by atoms with Crippen LogP contribution in [0.1, 0.15) is 59.7 Å². The summed E-state index contributed by atoms with van der Waals surface area (Å²) in [5, 5.41) is 11.9. The van der Waals surface area contributed by atoms with E-state index >= 15 is 0 Å². The first-order chi connectivity index (χ1) is 19.6. The van der Waals surface area contributed by atoms with E-state index in [0.29, 0.717) is 52.5 Å². The van der Waals surface area contributed by atoms with Crippen molar-refractivity contribution in [3.63, 3.8) is 0 Å². The smallest absolute Gasteiger partial charge is 0.350 e. The molecular weight excluding hydrogens is 568 g/mol. The molecule has 1 atom stereocenters. The van der Waals surface area contributed by atoms with Crippen LogP contribution in [-0.2, 0) is 14.3 Å². The Balaban J connectivity index is 1.89. The minimum absolute atomic E-state index is 0.111. The number of rotatable bonds is 10. The van der Waals surface area contributed by atoms with Gasteiger partial charge < -0.3 is 19.3 Å². The van der Waals surface area contributed by atoms with E-state index in [2.05, 4.69) is 18.8 Å².